The lowest BCUT2D eigenvalue weighted by atomic mass is 9.99. The van der Waals surface area contributed by atoms with Crippen molar-refractivity contribution in [2.24, 2.45) is 4.99 Å². The molecule has 1 aliphatic heterocycles. The molecule has 0 atom stereocenters. The van der Waals surface area contributed by atoms with E-state index in [0.717, 1.165) is 27.0 Å². The Morgan fingerprint density at radius 2 is 1.91 bits per heavy atom. The molecule has 0 spiro atoms. The second kappa shape index (κ2) is 6.23. The summed E-state index contributed by atoms with van der Waals surface area (Å²) in [5.41, 5.74) is 3.67. The molecule has 0 unspecified atom stereocenters. The highest BCUT2D eigenvalue weighted by molar-refractivity contribution is 9.10. The van der Waals surface area contributed by atoms with Gasteiger partial charge in [0, 0.05) is 40.6 Å². The predicted molar refractivity (Wildman–Crippen MR) is 94.1 cm³/mol. The molecule has 0 saturated carbocycles. The van der Waals surface area contributed by atoms with Crippen molar-refractivity contribution in [2.75, 3.05) is 18.5 Å². The summed E-state index contributed by atoms with van der Waals surface area (Å²) in [4.78, 5) is 18.5. The second-order valence-corrected chi connectivity index (χ2v) is 6.45. The number of fused-ring (bicyclic) bond motifs is 1. The van der Waals surface area contributed by atoms with Crippen LogP contribution in [0, 0.1) is 0 Å². The summed E-state index contributed by atoms with van der Waals surface area (Å²) in [6.45, 7) is 0.479. The van der Waals surface area contributed by atoms with E-state index in [1.54, 1.807) is 11.9 Å². The van der Waals surface area contributed by atoms with Crippen molar-refractivity contribution in [1.82, 2.24) is 0 Å². The molecule has 22 heavy (non-hydrogen) atoms. The number of carbonyl (C=O) groups excluding carboxylic acids is 1. The molecule has 0 radical (unpaired) electrons. The molecular weight excluding hydrogens is 364 g/mol. The molecule has 3 rings (SSSR count). The van der Waals surface area contributed by atoms with Crippen LogP contribution < -0.4 is 4.90 Å². The van der Waals surface area contributed by atoms with Crippen molar-refractivity contribution in [3.05, 3.63) is 63.1 Å². The minimum atomic E-state index is 0.0717. The lowest BCUT2D eigenvalue weighted by Crippen LogP contribution is -2.30. The fraction of sp³-hybridized carbons (Fsp3) is 0.176. The van der Waals surface area contributed by atoms with Gasteiger partial charge < -0.3 is 4.90 Å². The van der Waals surface area contributed by atoms with Crippen LogP contribution in [0.15, 0.2) is 51.9 Å². The normalized spacial score (nSPS) is 15.0. The molecule has 3 nitrogen and oxygen atoms in total. The number of amides is 1. The van der Waals surface area contributed by atoms with Gasteiger partial charge in [0.1, 0.15) is 0 Å². The van der Waals surface area contributed by atoms with E-state index in [1.165, 1.54) is 0 Å². The van der Waals surface area contributed by atoms with E-state index < -0.39 is 0 Å². The van der Waals surface area contributed by atoms with Crippen LogP contribution in [0.5, 0.6) is 0 Å². The number of halogens is 2. The molecule has 0 N–H and O–H groups in total. The fourth-order valence-electron chi connectivity index (χ4n) is 2.50. The molecule has 0 bridgehead atoms. The Labute approximate surface area is 142 Å². The molecule has 0 fully saturated rings. The lowest BCUT2D eigenvalue weighted by Gasteiger charge is -2.24. The molecule has 1 amide bonds. The fourth-order valence-corrected chi connectivity index (χ4v) is 2.98. The van der Waals surface area contributed by atoms with Gasteiger partial charge in [0.25, 0.3) is 0 Å². The van der Waals surface area contributed by atoms with Crippen molar-refractivity contribution >= 4 is 44.8 Å². The van der Waals surface area contributed by atoms with Crippen LogP contribution >= 0.6 is 27.5 Å². The molecule has 0 aliphatic carbocycles. The van der Waals surface area contributed by atoms with Gasteiger partial charge in [0.15, 0.2) is 0 Å². The summed E-state index contributed by atoms with van der Waals surface area (Å²) < 4.78 is 0.953. The Morgan fingerprint density at radius 1 is 1.18 bits per heavy atom. The quantitative estimate of drug-likeness (QED) is 0.729. The first-order valence-corrected chi connectivity index (χ1v) is 8.10. The highest BCUT2D eigenvalue weighted by Gasteiger charge is 2.21. The third kappa shape index (κ3) is 2.94. The minimum absolute atomic E-state index is 0.0717. The van der Waals surface area contributed by atoms with Crippen molar-refractivity contribution in [3.8, 4) is 0 Å². The number of benzene rings is 2. The van der Waals surface area contributed by atoms with E-state index >= 15 is 0 Å². The Kier molecular flexibility index (Phi) is 4.32. The largest absolute Gasteiger partial charge is 0.315 e. The van der Waals surface area contributed by atoms with Crippen LogP contribution in [-0.2, 0) is 4.79 Å². The average Bonchev–Trinajstić information content (AvgIpc) is 2.51. The van der Waals surface area contributed by atoms with E-state index in [9.17, 15) is 4.79 Å². The van der Waals surface area contributed by atoms with Gasteiger partial charge in [-0.1, -0.05) is 39.7 Å². The molecule has 2 aromatic carbocycles. The van der Waals surface area contributed by atoms with Gasteiger partial charge in [-0.3, -0.25) is 9.79 Å². The molecule has 0 aromatic heterocycles. The van der Waals surface area contributed by atoms with Crippen molar-refractivity contribution in [3.63, 3.8) is 0 Å². The molecule has 0 saturated heterocycles. The zero-order valence-electron chi connectivity index (χ0n) is 12.0. The Morgan fingerprint density at radius 3 is 2.64 bits per heavy atom. The van der Waals surface area contributed by atoms with Gasteiger partial charge in [-0.2, -0.15) is 0 Å². The van der Waals surface area contributed by atoms with Crippen LogP contribution in [0.2, 0.25) is 5.02 Å². The average molecular weight is 378 g/mol. The molecule has 112 valence electrons. The summed E-state index contributed by atoms with van der Waals surface area (Å²) >= 11 is 9.48. The van der Waals surface area contributed by atoms with Crippen molar-refractivity contribution < 1.29 is 4.79 Å². The molecule has 5 heteroatoms. The highest BCUT2D eigenvalue weighted by atomic mass is 79.9. The third-order valence-corrected chi connectivity index (χ3v) is 4.41. The molecular formula is C17H14BrClN2O. The third-order valence-electron chi connectivity index (χ3n) is 3.66. The number of anilines is 1. The summed E-state index contributed by atoms with van der Waals surface area (Å²) in [5, 5.41) is 0.692. The van der Waals surface area contributed by atoms with Crippen LogP contribution in [0.3, 0.4) is 0 Å². The van der Waals surface area contributed by atoms with Gasteiger partial charge in [-0.25, -0.2) is 0 Å². The maximum absolute atomic E-state index is 12.1. The zero-order chi connectivity index (χ0) is 15.7. The SMILES string of the molecule is CN1C(=O)CCN=C(c2ccc(Cl)cc2)c2cc(Br)ccc21. The van der Waals surface area contributed by atoms with Gasteiger partial charge in [-0.05, 0) is 30.3 Å². The van der Waals surface area contributed by atoms with E-state index in [2.05, 4.69) is 20.9 Å². The number of aliphatic imine (C=N–C) groups is 1. The lowest BCUT2D eigenvalue weighted by molar-refractivity contribution is -0.118. The molecule has 1 heterocycles. The van der Waals surface area contributed by atoms with Gasteiger partial charge in [0.2, 0.25) is 5.91 Å². The van der Waals surface area contributed by atoms with Gasteiger partial charge in [-0.15, -0.1) is 0 Å². The standard InChI is InChI=1S/C17H14BrClN2O/c1-21-15-7-4-12(18)10-14(15)17(20-9-8-16(21)22)11-2-5-13(19)6-3-11/h2-7,10H,8-9H2,1H3. The van der Waals surface area contributed by atoms with E-state index in [-0.39, 0.29) is 5.91 Å². The monoisotopic (exact) mass is 376 g/mol. The molecule has 2 aromatic rings. The second-order valence-electron chi connectivity index (χ2n) is 5.10. The number of hydrogen-bond acceptors (Lipinski definition) is 2. The van der Waals surface area contributed by atoms with Crippen LogP contribution in [-0.4, -0.2) is 25.2 Å². The van der Waals surface area contributed by atoms with E-state index in [1.807, 2.05) is 42.5 Å². The predicted octanol–water partition coefficient (Wildman–Crippen LogP) is 4.31. The highest BCUT2D eigenvalue weighted by Crippen LogP contribution is 2.29. The summed E-state index contributed by atoms with van der Waals surface area (Å²) in [6, 6.07) is 13.5. The summed E-state index contributed by atoms with van der Waals surface area (Å²) in [5.74, 6) is 0.0717. The first-order valence-electron chi connectivity index (χ1n) is 6.93. The van der Waals surface area contributed by atoms with Crippen LogP contribution in [0.1, 0.15) is 17.5 Å². The Hall–Kier alpha value is -1.65. The Bertz CT molecular complexity index is 756. The summed E-state index contributed by atoms with van der Waals surface area (Å²) in [6.07, 6.45) is 0.406. The van der Waals surface area contributed by atoms with E-state index in [0.29, 0.717) is 18.0 Å². The zero-order valence-corrected chi connectivity index (χ0v) is 14.4. The van der Waals surface area contributed by atoms with Crippen molar-refractivity contribution in [1.29, 1.82) is 0 Å². The van der Waals surface area contributed by atoms with Crippen LogP contribution in [0.4, 0.5) is 5.69 Å². The first-order chi connectivity index (χ1) is 10.6. The Balaban J connectivity index is 2.19. The molecule has 1 aliphatic rings. The van der Waals surface area contributed by atoms with Crippen molar-refractivity contribution in [2.45, 2.75) is 6.42 Å². The number of hydrogen-bond donors (Lipinski definition) is 0. The summed E-state index contributed by atoms with van der Waals surface area (Å²) in [7, 11) is 1.81. The first kappa shape index (κ1) is 15.3. The maximum Gasteiger partial charge on any atom is 0.228 e. The smallest absolute Gasteiger partial charge is 0.228 e. The number of carbonyl (C=O) groups is 1. The number of rotatable bonds is 1. The van der Waals surface area contributed by atoms with E-state index in [4.69, 9.17) is 11.6 Å². The minimum Gasteiger partial charge on any atom is -0.315 e. The van der Waals surface area contributed by atoms with Crippen LogP contribution in [0.25, 0.3) is 0 Å². The maximum atomic E-state index is 12.1. The van der Waals surface area contributed by atoms with Gasteiger partial charge >= 0.3 is 0 Å². The topological polar surface area (TPSA) is 32.7 Å². The van der Waals surface area contributed by atoms with Gasteiger partial charge in [0.05, 0.1) is 11.4 Å². The number of nitrogens with zero attached hydrogens (tertiary/aromatic N) is 2.